The van der Waals surface area contributed by atoms with E-state index in [0.29, 0.717) is 0 Å². The summed E-state index contributed by atoms with van der Waals surface area (Å²) in [7, 11) is 3.89. The molecule has 1 saturated heterocycles. The van der Waals surface area contributed by atoms with Crippen LogP contribution in [0.5, 0.6) is 5.75 Å². The Morgan fingerprint density at radius 2 is 1.82 bits per heavy atom. The quantitative estimate of drug-likeness (QED) is 0.640. The van der Waals surface area contributed by atoms with E-state index in [4.69, 9.17) is 21.3 Å². The van der Waals surface area contributed by atoms with E-state index < -0.39 is 0 Å². The van der Waals surface area contributed by atoms with Crippen LogP contribution < -0.4 is 4.74 Å². The molecule has 146 valence electrons. The number of ether oxygens (including phenoxy) is 1. The number of benzene rings is 2. The normalized spacial score (nSPS) is 16.2. The first kappa shape index (κ1) is 19.2. The van der Waals surface area contributed by atoms with Gasteiger partial charge in [-0.15, -0.1) is 0 Å². The van der Waals surface area contributed by atoms with Crippen LogP contribution in [-0.4, -0.2) is 55.1 Å². The third-order valence-electron chi connectivity index (χ3n) is 5.43. The number of rotatable bonds is 4. The summed E-state index contributed by atoms with van der Waals surface area (Å²) in [5.74, 6) is 0.824. The predicted octanol–water partition coefficient (Wildman–Crippen LogP) is 4.70. The van der Waals surface area contributed by atoms with E-state index in [1.807, 2.05) is 24.3 Å². The highest BCUT2D eigenvalue weighted by Crippen LogP contribution is 2.29. The molecule has 28 heavy (non-hydrogen) atoms. The summed E-state index contributed by atoms with van der Waals surface area (Å²) >= 11 is 6.11. The minimum absolute atomic E-state index is 0.739. The molecule has 0 radical (unpaired) electrons. The van der Waals surface area contributed by atoms with Crippen LogP contribution in [0, 0.1) is 0 Å². The Morgan fingerprint density at radius 3 is 2.61 bits per heavy atom. The first-order valence-electron chi connectivity index (χ1n) is 9.77. The van der Waals surface area contributed by atoms with E-state index in [9.17, 15) is 0 Å². The van der Waals surface area contributed by atoms with Gasteiger partial charge in [-0.05, 0) is 62.5 Å². The third-order valence-corrected chi connectivity index (χ3v) is 5.68. The molecule has 0 bridgehead atoms. The fourth-order valence-corrected chi connectivity index (χ4v) is 3.92. The van der Waals surface area contributed by atoms with Gasteiger partial charge in [0.1, 0.15) is 5.75 Å². The van der Waals surface area contributed by atoms with Crippen molar-refractivity contribution in [3.05, 3.63) is 59.1 Å². The Bertz CT molecular complexity index is 958. The van der Waals surface area contributed by atoms with Gasteiger partial charge < -0.3 is 9.64 Å². The van der Waals surface area contributed by atoms with E-state index in [1.54, 1.807) is 7.11 Å². The van der Waals surface area contributed by atoms with Crippen LogP contribution in [0.2, 0.25) is 5.02 Å². The minimum Gasteiger partial charge on any atom is -0.497 e. The Hall–Kier alpha value is -2.14. The second kappa shape index (κ2) is 8.48. The van der Waals surface area contributed by atoms with Gasteiger partial charge in [0.25, 0.3) is 0 Å². The number of fused-ring (bicyclic) bond motifs is 1. The van der Waals surface area contributed by atoms with Crippen molar-refractivity contribution in [3.63, 3.8) is 0 Å². The van der Waals surface area contributed by atoms with Crippen LogP contribution in [0.3, 0.4) is 0 Å². The molecule has 0 amide bonds. The highest BCUT2D eigenvalue weighted by atomic mass is 35.5. The van der Waals surface area contributed by atoms with E-state index in [0.717, 1.165) is 65.7 Å². The molecule has 0 saturated carbocycles. The maximum Gasteiger partial charge on any atom is 0.121 e. The minimum atomic E-state index is 0.739. The molecule has 0 aliphatic carbocycles. The lowest BCUT2D eigenvalue weighted by Crippen LogP contribution is -2.28. The molecule has 4 rings (SSSR count). The third kappa shape index (κ3) is 4.30. The first-order chi connectivity index (χ1) is 13.6. The molecule has 4 nitrogen and oxygen atoms in total. The van der Waals surface area contributed by atoms with Gasteiger partial charge in [-0.3, -0.25) is 4.90 Å². The lowest BCUT2D eigenvalue weighted by Gasteiger charge is -2.22. The summed E-state index contributed by atoms with van der Waals surface area (Å²) in [5.41, 5.74) is 4.32. The summed E-state index contributed by atoms with van der Waals surface area (Å²) in [5, 5.41) is 1.88. The zero-order valence-corrected chi connectivity index (χ0v) is 17.2. The predicted molar refractivity (Wildman–Crippen MR) is 116 cm³/mol. The van der Waals surface area contributed by atoms with Crippen LogP contribution in [0.25, 0.3) is 22.2 Å². The van der Waals surface area contributed by atoms with Gasteiger partial charge in [-0.1, -0.05) is 23.7 Å². The number of hydrogen-bond donors (Lipinski definition) is 0. The zero-order valence-electron chi connectivity index (χ0n) is 16.5. The first-order valence-corrected chi connectivity index (χ1v) is 10.1. The Kier molecular flexibility index (Phi) is 5.81. The molecule has 2 aromatic carbocycles. The molecule has 0 N–H and O–H groups in total. The van der Waals surface area contributed by atoms with E-state index in [1.165, 1.54) is 12.0 Å². The van der Waals surface area contributed by atoms with Crippen molar-refractivity contribution in [1.29, 1.82) is 0 Å². The smallest absolute Gasteiger partial charge is 0.121 e. The Labute approximate surface area is 171 Å². The standard InChI is InChI=1S/C23H26ClN3O/c1-26-10-3-11-27(13-12-26)16-19-14-18-6-9-21(28-2)15-22(18)25-23(19)17-4-7-20(24)8-5-17/h4-9,14-15H,3,10-13,16H2,1-2H3. The molecular formula is C23H26ClN3O. The van der Waals surface area contributed by atoms with Crippen molar-refractivity contribution < 1.29 is 4.74 Å². The molecule has 2 heterocycles. The highest BCUT2D eigenvalue weighted by Gasteiger charge is 2.16. The van der Waals surface area contributed by atoms with Crippen LogP contribution in [0.15, 0.2) is 48.5 Å². The van der Waals surface area contributed by atoms with Crippen molar-refractivity contribution in [2.75, 3.05) is 40.3 Å². The second-order valence-corrected chi connectivity index (χ2v) is 7.93. The molecule has 0 atom stereocenters. The van der Waals surface area contributed by atoms with Gasteiger partial charge >= 0.3 is 0 Å². The Morgan fingerprint density at radius 1 is 1.00 bits per heavy atom. The largest absolute Gasteiger partial charge is 0.497 e. The molecule has 1 aromatic heterocycles. The Balaban J connectivity index is 1.75. The van der Waals surface area contributed by atoms with Gasteiger partial charge in [0, 0.05) is 41.7 Å². The number of aromatic nitrogens is 1. The van der Waals surface area contributed by atoms with Crippen LogP contribution >= 0.6 is 11.6 Å². The van der Waals surface area contributed by atoms with Gasteiger partial charge in [0.05, 0.1) is 18.3 Å². The van der Waals surface area contributed by atoms with Gasteiger partial charge in [0.15, 0.2) is 0 Å². The fraction of sp³-hybridized carbons (Fsp3) is 0.348. The number of nitrogens with zero attached hydrogens (tertiary/aromatic N) is 3. The SMILES string of the molecule is COc1ccc2cc(CN3CCCN(C)CC3)c(-c3ccc(Cl)cc3)nc2c1. The molecule has 1 aliphatic rings. The summed E-state index contributed by atoms with van der Waals surface area (Å²) < 4.78 is 5.39. The summed E-state index contributed by atoms with van der Waals surface area (Å²) in [6, 6.07) is 16.3. The fourth-order valence-electron chi connectivity index (χ4n) is 3.79. The van der Waals surface area contributed by atoms with Crippen molar-refractivity contribution in [2.45, 2.75) is 13.0 Å². The monoisotopic (exact) mass is 395 g/mol. The summed E-state index contributed by atoms with van der Waals surface area (Å²) in [6.45, 7) is 5.37. The topological polar surface area (TPSA) is 28.6 Å². The number of methoxy groups -OCH3 is 1. The van der Waals surface area contributed by atoms with Crippen molar-refractivity contribution in [2.24, 2.45) is 0 Å². The van der Waals surface area contributed by atoms with Gasteiger partial charge in [0.2, 0.25) is 0 Å². The molecule has 0 unspecified atom stereocenters. The van der Waals surface area contributed by atoms with Crippen molar-refractivity contribution in [3.8, 4) is 17.0 Å². The summed E-state index contributed by atoms with van der Waals surface area (Å²) in [6.07, 6.45) is 1.20. The lowest BCUT2D eigenvalue weighted by atomic mass is 10.0. The maximum absolute atomic E-state index is 6.11. The average Bonchev–Trinajstić information content (AvgIpc) is 2.92. The summed E-state index contributed by atoms with van der Waals surface area (Å²) in [4.78, 5) is 9.97. The number of pyridine rings is 1. The van der Waals surface area contributed by atoms with E-state index in [2.05, 4.69) is 41.1 Å². The molecule has 5 heteroatoms. The number of hydrogen-bond acceptors (Lipinski definition) is 4. The van der Waals surface area contributed by atoms with Crippen LogP contribution in [-0.2, 0) is 6.54 Å². The van der Waals surface area contributed by atoms with Crippen LogP contribution in [0.4, 0.5) is 0 Å². The van der Waals surface area contributed by atoms with E-state index in [-0.39, 0.29) is 0 Å². The van der Waals surface area contributed by atoms with E-state index >= 15 is 0 Å². The van der Waals surface area contributed by atoms with Crippen molar-refractivity contribution >= 4 is 22.5 Å². The highest BCUT2D eigenvalue weighted by molar-refractivity contribution is 6.30. The number of likely N-dealkylation sites (N-methyl/N-ethyl adjacent to an activating group) is 1. The van der Waals surface area contributed by atoms with Crippen molar-refractivity contribution in [1.82, 2.24) is 14.8 Å². The van der Waals surface area contributed by atoms with Gasteiger partial charge in [-0.25, -0.2) is 4.98 Å². The van der Waals surface area contributed by atoms with Gasteiger partial charge in [-0.2, -0.15) is 0 Å². The lowest BCUT2D eigenvalue weighted by molar-refractivity contribution is 0.269. The second-order valence-electron chi connectivity index (χ2n) is 7.49. The molecule has 0 spiro atoms. The zero-order chi connectivity index (χ0) is 19.5. The molecule has 1 fully saturated rings. The average molecular weight is 396 g/mol. The number of halogens is 1. The maximum atomic E-state index is 6.11. The molecule has 3 aromatic rings. The molecular weight excluding hydrogens is 370 g/mol. The van der Waals surface area contributed by atoms with Crippen LogP contribution in [0.1, 0.15) is 12.0 Å². The molecule has 1 aliphatic heterocycles.